The summed E-state index contributed by atoms with van der Waals surface area (Å²) in [5, 5.41) is 0. The molecule has 5 rings (SSSR count). The lowest BCUT2D eigenvalue weighted by Crippen LogP contribution is -2.01. The topological polar surface area (TPSA) is 44.2 Å². The van der Waals surface area contributed by atoms with E-state index in [0.717, 1.165) is 58.0 Å². The molecular formula is C46H50N2O2. The molecule has 0 aliphatic carbocycles. The van der Waals surface area contributed by atoms with E-state index in [-0.39, 0.29) is 0 Å². The molecule has 0 fully saturated rings. The maximum absolute atomic E-state index is 6.32. The van der Waals surface area contributed by atoms with Crippen LogP contribution in [-0.2, 0) is 0 Å². The fourth-order valence-electron chi connectivity index (χ4n) is 6.04. The van der Waals surface area contributed by atoms with Crippen LogP contribution in [0, 0.1) is 24.2 Å². The van der Waals surface area contributed by atoms with E-state index < -0.39 is 0 Å². The normalized spacial score (nSPS) is 10.7. The molecule has 0 radical (unpaired) electrons. The van der Waals surface area contributed by atoms with Gasteiger partial charge in [-0.3, -0.25) is 0 Å². The van der Waals surface area contributed by atoms with E-state index in [2.05, 4.69) is 55.9 Å². The zero-order valence-corrected chi connectivity index (χ0v) is 29.8. The lowest BCUT2D eigenvalue weighted by molar-refractivity contribution is 0.295. The minimum Gasteiger partial charge on any atom is -0.494 e. The number of benzene rings is 4. The van der Waals surface area contributed by atoms with Crippen LogP contribution in [0.1, 0.15) is 108 Å². The first kappa shape index (κ1) is 36.2. The fraction of sp³-hybridized carbons (Fsp3) is 0.348. The summed E-state index contributed by atoms with van der Waals surface area (Å²) >= 11 is 0. The zero-order valence-electron chi connectivity index (χ0n) is 29.8. The Morgan fingerprint density at radius 3 is 1.60 bits per heavy atom. The summed E-state index contributed by atoms with van der Waals surface area (Å²) in [6.07, 6.45) is 20.6. The Balaban J connectivity index is 1.48. The van der Waals surface area contributed by atoms with Gasteiger partial charge in [0.25, 0.3) is 0 Å². The molecule has 0 atom stereocenters. The molecule has 0 saturated heterocycles. The molecule has 256 valence electrons. The van der Waals surface area contributed by atoms with Crippen LogP contribution in [0.25, 0.3) is 33.5 Å². The third kappa shape index (κ3) is 10.2. The molecule has 0 unspecified atom stereocenters. The van der Waals surface area contributed by atoms with Crippen molar-refractivity contribution >= 4 is 11.0 Å². The van der Waals surface area contributed by atoms with Gasteiger partial charge in [0, 0.05) is 11.1 Å². The Morgan fingerprint density at radius 2 is 1.02 bits per heavy atom. The van der Waals surface area contributed by atoms with Crippen molar-refractivity contribution in [3.63, 3.8) is 0 Å². The van der Waals surface area contributed by atoms with Gasteiger partial charge in [-0.15, -0.1) is 6.42 Å². The molecule has 1 aromatic heterocycles. The van der Waals surface area contributed by atoms with E-state index in [4.69, 9.17) is 25.9 Å². The summed E-state index contributed by atoms with van der Waals surface area (Å²) in [6, 6.07) is 30.1. The van der Waals surface area contributed by atoms with Crippen molar-refractivity contribution in [1.29, 1.82) is 0 Å². The minimum absolute atomic E-state index is 0.659. The molecule has 0 aliphatic rings. The van der Waals surface area contributed by atoms with Crippen LogP contribution in [0.5, 0.6) is 11.5 Å². The van der Waals surface area contributed by atoms with Crippen molar-refractivity contribution in [2.75, 3.05) is 13.2 Å². The maximum Gasteiger partial charge on any atom is 0.135 e. The molecule has 4 aromatic carbocycles. The monoisotopic (exact) mass is 662 g/mol. The van der Waals surface area contributed by atoms with Crippen LogP contribution in [0.15, 0.2) is 91.0 Å². The number of unbranched alkanes of at least 4 members (excludes halogenated alkanes) is 10. The van der Waals surface area contributed by atoms with E-state index in [1.807, 2.05) is 66.7 Å². The lowest BCUT2D eigenvalue weighted by atomic mass is 10.0. The third-order valence-corrected chi connectivity index (χ3v) is 8.88. The summed E-state index contributed by atoms with van der Waals surface area (Å²) in [4.78, 5) is 10.4. The highest BCUT2D eigenvalue weighted by Crippen LogP contribution is 2.33. The second kappa shape index (κ2) is 19.8. The number of nitrogens with zero attached hydrogens (tertiary/aromatic N) is 2. The summed E-state index contributed by atoms with van der Waals surface area (Å²) in [7, 11) is 0. The van der Waals surface area contributed by atoms with E-state index in [9.17, 15) is 0 Å². The first-order valence-corrected chi connectivity index (χ1v) is 18.6. The van der Waals surface area contributed by atoms with Crippen molar-refractivity contribution in [2.24, 2.45) is 0 Å². The largest absolute Gasteiger partial charge is 0.494 e. The minimum atomic E-state index is 0.659. The van der Waals surface area contributed by atoms with Gasteiger partial charge in [-0.1, -0.05) is 156 Å². The number of hydrogen-bond acceptors (Lipinski definition) is 4. The summed E-state index contributed by atoms with van der Waals surface area (Å²) in [6.45, 7) is 5.84. The summed E-state index contributed by atoms with van der Waals surface area (Å²) in [5.74, 6) is 11.2. The van der Waals surface area contributed by atoms with Crippen molar-refractivity contribution in [3.8, 4) is 58.2 Å². The van der Waals surface area contributed by atoms with Crippen LogP contribution < -0.4 is 9.47 Å². The standard InChI is InChI=1S/C46H50N2O2/c1-4-7-9-11-13-21-33-49-41-31-32-42(50-34-22-14-12-10-8-5-2)40(35-41)30-29-39-28-27-36(6-3)43-46(39)48-45(38-25-19-16-20-26-38)44(47-43)37-23-17-15-18-24-37/h3,15-20,23-28,31-32,35H,4-5,7-14,21-22,33-34H2,1-2H3. The van der Waals surface area contributed by atoms with Gasteiger partial charge in [-0.2, -0.15) is 0 Å². The molecule has 4 heteroatoms. The number of hydrogen-bond donors (Lipinski definition) is 0. The Morgan fingerprint density at radius 1 is 0.520 bits per heavy atom. The molecule has 4 nitrogen and oxygen atoms in total. The maximum atomic E-state index is 6.32. The highest BCUT2D eigenvalue weighted by molar-refractivity contribution is 5.92. The van der Waals surface area contributed by atoms with Gasteiger partial charge >= 0.3 is 0 Å². The second-order valence-electron chi connectivity index (χ2n) is 12.8. The number of terminal acetylenes is 1. The van der Waals surface area contributed by atoms with Gasteiger partial charge in [0.05, 0.1) is 41.3 Å². The Labute approximate surface area is 299 Å². The molecule has 0 amide bonds. The first-order chi connectivity index (χ1) is 24.7. The highest BCUT2D eigenvalue weighted by Gasteiger charge is 2.16. The van der Waals surface area contributed by atoms with Crippen LogP contribution in [-0.4, -0.2) is 23.2 Å². The quantitative estimate of drug-likeness (QED) is 0.0692. The van der Waals surface area contributed by atoms with Crippen LogP contribution >= 0.6 is 0 Å². The number of rotatable bonds is 18. The molecule has 0 saturated carbocycles. The van der Waals surface area contributed by atoms with Gasteiger partial charge in [-0.05, 0) is 43.2 Å². The molecule has 50 heavy (non-hydrogen) atoms. The molecule has 5 aromatic rings. The number of fused-ring (bicyclic) bond motifs is 1. The zero-order chi connectivity index (χ0) is 34.8. The van der Waals surface area contributed by atoms with Crippen LogP contribution in [0.3, 0.4) is 0 Å². The lowest BCUT2D eigenvalue weighted by Gasteiger charge is -2.13. The first-order valence-electron chi connectivity index (χ1n) is 18.6. The summed E-state index contributed by atoms with van der Waals surface area (Å²) < 4.78 is 12.5. The Kier molecular flexibility index (Phi) is 14.4. The molecule has 0 bridgehead atoms. The number of aromatic nitrogens is 2. The van der Waals surface area contributed by atoms with Crippen molar-refractivity contribution < 1.29 is 9.47 Å². The molecule has 0 spiro atoms. The average Bonchev–Trinajstić information content (AvgIpc) is 3.17. The SMILES string of the molecule is C#Cc1ccc(C#Cc2cc(OCCCCCCCC)ccc2OCCCCCCCC)c2nc(-c3ccccc3)c(-c3ccccc3)nc12. The Bertz CT molecular complexity index is 1900. The smallest absolute Gasteiger partial charge is 0.135 e. The average molecular weight is 663 g/mol. The van der Waals surface area contributed by atoms with Crippen molar-refractivity contribution in [3.05, 3.63) is 108 Å². The van der Waals surface area contributed by atoms with Gasteiger partial charge < -0.3 is 9.47 Å². The number of ether oxygens (including phenoxy) is 2. The van der Waals surface area contributed by atoms with Crippen LogP contribution in [0.2, 0.25) is 0 Å². The van der Waals surface area contributed by atoms with Gasteiger partial charge in [0.2, 0.25) is 0 Å². The van der Waals surface area contributed by atoms with E-state index in [0.29, 0.717) is 29.8 Å². The molecule has 0 N–H and O–H groups in total. The van der Waals surface area contributed by atoms with E-state index in [1.165, 1.54) is 64.2 Å². The molecule has 0 aliphatic heterocycles. The fourth-order valence-corrected chi connectivity index (χ4v) is 6.04. The van der Waals surface area contributed by atoms with Crippen molar-refractivity contribution in [1.82, 2.24) is 9.97 Å². The van der Waals surface area contributed by atoms with E-state index in [1.54, 1.807) is 0 Å². The van der Waals surface area contributed by atoms with Crippen LogP contribution in [0.4, 0.5) is 0 Å². The second-order valence-corrected chi connectivity index (χ2v) is 12.8. The van der Waals surface area contributed by atoms with Gasteiger partial charge in [0.1, 0.15) is 22.5 Å². The van der Waals surface area contributed by atoms with Gasteiger partial charge in [0.15, 0.2) is 0 Å². The van der Waals surface area contributed by atoms with Gasteiger partial charge in [-0.25, -0.2) is 9.97 Å². The molecular weight excluding hydrogens is 613 g/mol. The predicted molar refractivity (Wildman–Crippen MR) is 209 cm³/mol. The predicted octanol–water partition coefficient (Wildman–Crippen LogP) is 11.8. The summed E-state index contributed by atoms with van der Waals surface area (Å²) in [5.41, 5.74) is 7.09. The highest BCUT2D eigenvalue weighted by atomic mass is 16.5. The Hall–Kier alpha value is -5.06. The third-order valence-electron chi connectivity index (χ3n) is 8.88. The van der Waals surface area contributed by atoms with E-state index >= 15 is 0 Å². The molecule has 1 heterocycles. The van der Waals surface area contributed by atoms with Crippen molar-refractivity contribution in [2.45, 2.75) is 90.9 Å².